The molecule has 27 heavy (non-hydrogen) atoms. The van der Waals surface area contributed by atoms with Crippen LogP contribution in [-0.4, -0.2) is 4.98 Å². The third-order valence-corrected chi connectivity index (χ3v) is 4.35. The van der Waals surface area contributed by atoms with Gasteiger partial charge in [-0.05, 0) is 59.7 Å². The Balaban J connectivity index is 1.64. The van der Waals surface area contributed by atoms with Gasteiger partial charge in [0.25, 0.3) is 0 Å². The molecule has 0 amide bonds. The zero-order valence-corrected chi connectivity index (χ0v) is 14.9. The molecule has 0 atom stereocenters. The van der Waals surface area contributed by atoms with E-state index in [0.717, 1.165) is 28.2 Å². The highest BCUT2D eigenvalue weighted by molar-refractivity contribution is 5.77. The summed E-state index contributed by atoms with van der Waals surface area (Å²) in [5.74, 6) is 0. The molecule has 0 fully saturated rings. The van der Waals surface area contributed by atoms with Crippen LogP contribution in [-0.2, 0) is 0 Å². The van der Waals surface area contributed by atoms with E-state index in [9.17, 15) is 0 Å². The normalized spacial score (nSPS) is 10.8. The molecule has 1 heterocycles. The fourth-order valence-electron chi connectivity index (χ4n) is 3.00. The minimum Gasteiger partial charge on any atom is -0.311 e. The summed E-state index contributed by atoms with van der Waals surface area (Å²) in [5, 5.41) is 0. The third-order valence-electron chi connectivity index (χ3n) is 4.35. The van der Waals surface area contributed by atoms with Crippen LogP contribution < -0.4 is 4.90 Å². The lowest BCUT2D eigenvalue weighted by Gasteiger charge is -2.25. The van der Waals surface area contributed by atoms with E-state index in [4.69, 9.17) is 0 Å². The van der Waals surface area contributed by atoms with Crippen molar-refractivity contribution >= 4 is 29.2 Å². The lowest BCUT2D eigenvalue weighted by molar-refractivity contribution is 1.28. The van der Waals surface area contributed by atoms with Crippen LogP contribution in [0.1, 0.15) is 11.1 Å². The van der Waals surface area contributed by atoms with Gasteiger partial charge in [0.05, 0.1) is 0 Å². The fraction of sp³-hybridized carbons (Fsp3) is 0. The third kappa shape index (κ3) is 4.13. The van der Waals surface area contributed by atoms with Crippen molar-refractivity contribution in [3.63, 3.8) is 0 Å². The van der Waals surface area contributed by atoms with E-state index in [-0.39, 0.29) is 0 Å². The monoisotopic (exact) mass is 348 g/mol. The summed E-state index contributed by atoms with van der Waals surface area (Å²) in [6, 6.07) is 33.5. The number of hydrogen-bond acceptors (Lipinski definition) is 2. The van der Waals surface area contributed by atoms with Crippen molar-refractivity contribution in [2.75, 3.05) is 4.90 Å². The van der Waals surface area contributed by atoms with Gasteiger partial charge in [-0.3, -0.25) is 4.98 Å². The molecule has 1 aromatic heterocycles. The maximum Gasteiger partial charge on any atom is 0.0462 e. The lowest BCUT2D eigenvalue weighted by atomic mass is 10.1. The Bertz CT molecular complexity index is 953. The average molecular weight is 348 g/mol. The van der Waals surface area contributed by atoms with E-state index in [0.29, 0.717) is 0 Å². The van der Waals surface area contributed by atoms with Gasteiger partial charge >= 0.3 is 0 Å². The predicted molar refractivity (Wildman–Crippen MR) is 114 cm³/mol. The zero-order chi connectivity index (χ0) is 18.3. The molecule has 4 aromatic rings. The fourth-order valence-corrected chi connectivity index (χ4v) is 3.00. The van der Waals surface area contributed by atoms with Crippen molar-refractivity contribution < 1.29 is 0 Å². The summed E-state index contributed by atoms with van der Waals surface area (Å²) >= 11 is 0. The van der Waals surface area contributed by atoms with Crippen molar-refractivity contribution in [2.45, 2.75) is 0 Å². The molecule has 0 unspecified atom stereocenters. The van der Waals surface area contributed by atoms with Crippen molar-refractivity contribution in [1.82, 2.24) is 4.98 Å². The largest absolute Gasteiger partial charge is 0.311 e. The number of nitrogens with zero attached hydrogens (tertiary/aromatic N) is 2. The van der Waals surface area contributed by atoms with E-state index in [1.165, 1.54) is 0 Å². The Hall–Kier alpha value is -3.65. The summed E-state index contributed by atoms with van der Waals surface area (Å²) in [4.78, 5) is 6.31. The Kier molecular flexibility index (Phi) is 5.07. The van der Waals surface area contributed by atoms with E-state index in [1.807, 2.05) is 24.3 Å². The van der Waals surface area contributed by atoms with Crippen LogP contribution in [0.2, 0.25) is 0 Å². The topological polar surface area (TPSA) is 16.1 Å². The van der Waals surface area contributed by atoms with E-state index in [2.05, 4.69) is 94.8 Å². The molecule has 0 bridgehead atoms. The average Bonchev–Trinajstić information content (AvgIpc) is 2.76. The SMILES string of the molecule is C(=C\c1ccc(N(c2ccccc2)c2ccccc2)cc1)/c1ccncc1. The molecular formula is C25H20N2. The van der Waals surface area contributed by atoms with Gasteiger partial charge in [0, 0.05) is 29.5 Å². The van der Waals surface area contributed by atoms with E-state index >= 15 is 0 Å². The first-order chi connectivity index (χ1) is 13.4. The molecular weight excluding hydrogens is 328 g/mol. The first kappa shape index (κ1) is 16.8. The summed E-state index contributed by atoms with van der Waals surface area (Å²) in [6.45, 7) is 0. The van der Waals surface area contributed by atoms with E-state index < -0.39 is 0 Å². The number of para-hydroxylation sites is 2. The van der Waals surface area contributed by atoms with Crippen LogP contribution in [0.5, 0.6) is 0 Å². The van der Waals surface area contributed by atoms with Gasteiger partial charge in [-0.1, -0.05) is 60.7 Å². The number of benzene rings is 3. The van der Waals surface area contributed by atoms with Gasteiger partial charge in [-0.15, -0.1) is 0 Å². The van der Waals surface area contributed by atoms with Crippen LogP contribution in [0, 0.1) is 0 Å². The van der Waals surface area contributed by atoms with Gasteiger partial charge < -0.3 is 4.90 Å². The second kappa shape index (κ2) is 8.15. The molecule has 0 saturated carbocycles. The highest BCUT2D eigenvalue weighted by Crippen LogP contribution is 2.34. The minimum absolute atomic E-state index is 1.13. The molecule has 0 N–H and O–H groups in total. The minimum atomic E-state index is 1.13. The molecule has 4 rings (SSSR count). The van der Waals surface area contributed by atoms with Crippen LogP contribution in [0.15, 0.2) is 109 Å². The van der Waals surface area contributed by atoms with Gasteiger partial charge in [-0.2, -0.15) is 0 Å². The molecule has 0 aliphatic carbocycles. The molecule has 2 nitrogen and oxygen atoms in total. The van der Waals surface area contributed by atoms with Gasteiger partial charge in [0.1, 0.15) is 0 Å². The standard InChI is InChI=1S/C25H20N2/c1-3-7-23(8-4-1)27(24-9-5-2-6-10-24)25-15-13-21(14-16-25)11-12-22-17-19-26-20-18-22/h1-20H/b12-11+. The number of hydrogen-bond donors (Lipinski definition) is 0. The molecule has 0 aliphatic heterocycles. The van der Waals surface area contributed by atoms with Gasteiger partial charge in [-0.25, -0.2) is 0 Å². The summed E-state index contributed by atoms with van der Waals surface area (Å²) in [5.41, 5.74) is 5.72. The Labute approximate surface area is 160 Å². The first-order valence-electron chi connectivity index (χ1n) is 8.98. The highest BCUT2D eigenvalue weighted by atomic mass is 15.1. The maximum atomic E-state index is 4.05. The van der Waals surface area contributed by atoms with Crippen LogP contribution in [0.25, 0.3) is 12.2 Å². The van der Waals surface area contributed by atoms with Crippen molar-refractivity contribution in [3.05, 3.63) is 121 Å². The molecule has 0 spiro atoms. The zero-order valence-electron chi connectivity index (χ0n) is 14.9. The highest BCUT2D eigenvalue weighted by Gasteiger charge is 2.11. The maximum absolute atomic E-state index is 4.05. The first-order valence-corrected chi connectivity index (χ1v) is 8.98. The Morgan fingerprint density at radius 2 is 0.926 bits per heavy atom. The van der Waals surface area contributed by atoms with E-state index in [1.54, 1.807) is 12.4 Å². The number of aromatic nitrogens is 1. The molecule has 0 radical (unpaired) electrons. The second-order valence-corrected chi connectivity index (χ2v) is 6.21. The Morgan fingerprint density at radius 3 is 1.44 bits per heavy atom. The smallest absolute Gasteiger partial charge is 0.0462 e. The van der Waals surface area contributed by atoms with Crippen LogP contribution >= 0.6 is 0 Å². The van der Waals surface area contributed by atoms with Crippen LogP contribution in [0.3, 0.4) is 0 Å². The lowest BCUT2D eigenvalue weighted by Crippen LogP contribution is -2.09. The van der Waals surface area contributed by atoms with Crippen LogP contribution in [0.4, 0.5) is 17.1 Å². The predicted octanol–water partition coefficient (Wildman–Crippen LogP) is 6.72. The Morgan fingerprint density at radius 1 is 0.481 bits per heavy atom. The molecule has 2 heteroatoms. The molecule has 130 valence electrons. The molecule has 0 saturated heterocycles. The second-order valence-electron chi connectivity index (χ2n) is 6.21. The number of pyridine rings is 1. The summed E-state index contributed by atoms with van der Waals surface area (Å²) < 4.78 is 0. The van der Waals surface area contributed by atoms with Crippen molar-refractivity contribution in [1.29, 1.82) is 0 Å². The summed E-state index contributed by atoms with van der Waals surface area (Å²) in [7, 11) is 0. The quantitative estimate of drug-likeness (QED) is 0.398. The van der Waals surface area contributed by atoms with Crippen molar-refractivity contribution in [2.24, 2.45) is 0 Å². The van der Waals surface area contributed by atoms with Gasteiger partial charge in [0.15, 0.2) is 0 Å². The summed E-state index contributed by atoms with van der Waals surface area (Å²) in [6.07, 6.45) is 7.83. The van der Waals surface area contributed by atoms with Crippen molar-refractivity contribution in [3.8, 4) is 0 Å². The molecule has 0 aliphatic rings. The van der Waals surface area contributed by atoms with Gasteiger partial charge in [0.2, 0.25) is 0 Å². The number of anilines is 3. The number of rotatable bonds is 5. The molecule has 3 aromatic carbocycles.